The minimum atomic E-state index is 0.0656. The van der Waals surface area contributed by atoms with Gasteiger partial charge < -0.3 is 15.5 Å². The number of anilines is 1. The first kappa shape index (κ1) is 21.5. The lowest BCUT2D eigenvalue weighted by atomic mass is 10.0. The summed E-state index contributed by atoms with van der Waals surface area (Å²) in [5.74, 6) is 0.939. The zero-order valence-electron chi connectivity index (χ0n) is 18.3. The number of aromatic nitrogens is 2. The molecule has 0 unspecified atom stereocenters. The summed E-state index contributed by atoms with van der Waals surface area (Å²) in [4.78, 5) is 25.8. The van der Waals surface area contributed by atoms with Crippen LogP contribution in [0.25, 0.3) is 10.2 Å². The van der Waals surface area contributed by atoms with Crippen molar-refractivity contribution in [2.75, 3.05) is 18.4 Å². The summed E-state index contributed by atoms with van der Waals surface area (Å²) in [5, 5.41) is 7.97. The molecular formula is C24H29N5OS. The van der Waals surface area contributed by atoms with Crippen LogP contribution >= 0.6 is 11.3 Å². The third-order valence-corrected chi connectivity index (χ3v) is 6.63. The highest BCUT2D eigenvalue weighted by molar-refractivity contribution is 7.19. The number of hydrogen-bond donors (Lipinski definition) is 2. The van der Waals surface area contributed by atoms with Crippen molar-refractivity contribution in [2.24, 2.45) is 0 Å². The van der Waals surface area contributed by atoms with Gasteiger partial charge in [0.2, 0.25) is 5.91 Å². The molecule has 1 aliphatic rings. The van der Waals surface area contributed by atoms with E-state index < -0.39 is 0 Å². The number of thiophene rings is 1. The zero-order chi connectivity index (χ0) is 21.8. The van der Waals surface area contributed by atoms with Gasteiger partial charge in [-0.2, -0.15) is 0 Å². The number of hydrogen-bond acceptors (Lipinski definition) is 6. The molecule has 2 aromatic heterocycles. The first-order valence-corrected chi connectivity index (χ1v) is 11.6. The predicted octanol–water partition coefficient (Wildman–Crippen LogP) is 4.30. The topological polar surface area (TPSA) is 70.2 Å². The maximum atomic E-state index is 12.6. The zero-order valence-corrected chi connectivity index (χ0v) is 19.1. The summed E-state index contributed by atoms with van der Waals surface area (Å²) in [6.07, 6.45) is 6.03. The Morgan fingerprint density at radius 3 is 2.81 bits per heavy atom. The highest BCUT2D eigenvalue weighted by atomic mass is 32.1. The van der Waals surface area contributed by atoms with Gasteiger partial charge in [0.25, 0.3) is 0 Å². The summed E-state index contributed by atoms with van der Waals surface area (Å²) >= 11 is 1.67. The van der Waals surface area contributed by atoms with Crippen LogP contribution in [0.1, 0.15) is 42.8 Å². The average molecular weight is 436 g/mol. The Morgan fingerprint density at radius 2 is 2.03 bits per heavy atom. The number of nitrogens with zero attached hydrogens (tertiary/aromatic N) is 3. The predicted molar refractivity (Wildman–Crippen MR) is 127 cm³/mol. The Labute approximate surface area is 187 Å². The van der Waals surface area contributed by atoms with E-state index >= 15 is 0 Å². The number of benzene rings is 1. The van der Waals surface area contributed by atoms with Crippen LogP contribution in [-0.4, -0.2) is 39.9 Å². The van der Waals surface area contributed by atoms with Crippen molar-refractivity contribution < 1.29 is 4.79 Å². The maximum Gasteiger partial charge on any atom is 0.246 e. The van der Waals surface area contributed by atoms with Crippen molar-refractivity contribution in [2.45, 2.75) is 45.8 Å². The molecule has 0 bridgehead atoms. The van der Waals surface area contributed by atoms with Crippen molar-refractivity contribution in [1.29, 1.82) is 0 Å². The highest BCUT2D eigenvalue weighted by Crippen LogP contribution is 2.38. The molecule has 0 aliphatic carbocycles. The van der Waals surface area contributed by atoms with Gasteiger partial charge in [-0.1, -0.05) is 50.3 Å². The molecule has 162 valence electrons. The molecule has 0 fully saturated rings. The van der Waals surface area contributed by atoms with E-state index in [2.05, 4.69) is 65.6 Å². The Bertz CT molecular complexity index is 1080. The van der Waals surface area contributed by atoms with Crippen molar-refractivity contribution in [1.82, 2.24) is 20.2 Å². The van der Waals surface area contributed by atoms with E-state index in [4.69, 9.17) is 0 Å². The van der Waals surface area contributed by atoms with E-state index in [1.165, 1.54) is 16.0 Å². The summed E-state index contributed by atoms with van der Waals surface area (Å²) in [6.45, 7) is 8.37. The van der Waals surface area contributed by atoms with Gasteiger partial charge in [0.15, 0.2) is 0 Å². The quantitative estimate of drug-likeness (QED) is 0.542. The molecule has 2 N–H and O–H groups in total. The van der Waals surface area contributed by atoms with Crippen LogP contribution in [0.3, 0.4) is 0 Å². The van der Waals surface area contributed by atoms with Gasteiger partial charge in [0.1, 0.15) is 17.0 Å². The Balaban J connectivity index is 1.51. The van der Waals surface area contributed by atoms with E-state index in [1.54, 1.807) is 23.7 Å². The van der Waals surface area contributed by atoms with Gasteiger partial charge in [-0.05, 0) is 24.5 Å². The molecule has 4 rings (SSSR count). The number of carbonyl (C=O) groups is 1. The minimum absolute atomic E-state index is 0.0656. The van der Waals surface area contributed by atoms with Crippen molar-refractivity contribution in [3.8, 4) is 0 Å². The molecule has 7 heteroatoms. The van der Waals surface area contributed by atoms with Crippen molar-refractivity contribution >= 4 is 33.3 Å². The van der Waals surface area contributed by atoms with Crippen LogP contribution in [0.4, 0.5) is 5.82 Å². The van der Waals surface area contributed by atoms with Gasteiger partial charge in [0, 0.05) is 36.1 Å². The molecule has 0 saturated carbocycles. The lowest BCUT2D eigenvalue weighted by Gasteiger charge is -2.26. The van der Waals surface area contributed by atoms with E-state index in [1.807, 2.05) is 17.0 Å². The molecular weight excluding hydrogens is 406 g/mol. The molecule has 0 saturated heterocycles. The normalized spacial score (nSPS) is 14.9. The van der Waals surface area contributed by atoms with Crippen LogP contribution in [0.15, 0.2) is 48.8 Å². The molecule has 1 aromatic carbocycles. The van der Waals surface area contributed by atoms with Crippen LogP contribution < -0.4 is 10.6 Å². The van der Waals surface area contributed by atoms with Crippen LogP contribution in [0.5, 0.6) is 0 Å². The van der Waals surface area contributed by atoms with E-state index in [0.29, 0.717) is 25.7 Å². The largest absolute Gasteiger partial charge is 0.363 e. The van der Waals surface area contributed by atoms with Crippen LogP contribution in [0.2, 0.25) is 0 Å². The first-order chi connectivity index (χ1) is 15.0. The monoisotopic (exact) mass is 435 g/mol. The Hall–Kier alpha value is -2.77. The number of rotatable bonds is 7. The molecule has 0 radical (unpaired) electrons. The second-order valence-corrected chi connectivity index (χ2v) is 9.24. The number of amides is 1. The smallest absolute Gasteiger partial charge is 0.246 e. The van der Waals surface area contributed by atoms with Crippen molar-refractivity contribution in [3.63, 3.8) is 0 Å². The molecule has 1 amide bonds. The molecule has 3 heterocycles. The maximum absolute atomic E-state index is 12.6. The SMILES string of the molecule is CC(C)NCC=CC(=O)N1CCc2c(sc3ncnc(N[C@H](C)c4ccccc4)c23)C1. The highest BCUT2D eigenvalue weighted by Gasteiger charge is 2.25. The second kappa shape index (κ2) is 9.58. The van der Waals surface area contributed by atoms with E-state index in [-0.39, 0.29) is 11.9 Å². The molecule has 31 heavy (non-hydrogen) atoms. The van der Waals surface area contributed by atoms with Gasteiger partial charge in [-0.3, -0.25) is 4.79 Å². The third-order valence-electron chi connectivity index (χ3n) is 5.51. The first-order valence-electron chi connectivity index (χ1n) is 10.8. The lowest BCUT2D eigenvalue weighted by Crippen LogP contribution is -2.34. The van der Waals surface area contributed by atoms with Gasteiger partial charge >= 0.3 is 0 Å². The summed E-state index contributed by atoms with van der Waals surface area (Å²) in [7, 11) is 0. The van der Waals surface area contributed by atoms with E-state index in [9.17, 15) is 4.79 Å². The summed E-state index contributed by atoms with van der Waals surface area (Å²) < 4.78 is 0. The van der Waals surface area contributed by atoms with Gasteiger partial charge in [-0.15, -0.1) is 11.3 Å². The van der Waals surface area contributed by atoms with Gasteiger partial charge in [-0.25, -0.2) is 9.97 Å². The third kappa shape index (κ3) is 4.94. The molecule has 1 aliphatic heterocycles. The fourth-order valence-corrected chi connectivity index (χ4v) is 5.03. The summed E-state index contributed by atoms with van der Waals surface area (Å²) in [6, 6.07) is 10.9. The van der Waals surface area contributed by atoms with Crippen LogP contribution in [0, 0.1) is 0 Å². The molecule has 3 aromatic rings. The Kier molecular flexibility index (Phi) is 6.63. The molecule has 6 nitrogen and oxygen atoms in total. The van der Waals surface area contributed by atoms with E-state index in [0.717, 1.165) is 22.5 Å². The molecule has 0 spiro atoms. The molecule has 1 atom stereocenters. The number of carbonyl (C=O) groups excluding carboxylic acids is 1. The number of nitrogens with one attached hydrogen (secondary N) is 2. The van der Waals surface area contributed by atoms with Gasteiger partial charge in [0.05, 0.1) is 11.9 Å². The minimum Gasteiger partial charge on any atom is -0.363 e. The number of fused-ring (bicyclic) bond motifs is 3. The Morgan fingerprint density at radius 1 is 1.23 bits per heavy atom. The fourth-order valence-electron chi connectivity index (χ4n) is 3.82. The second-order valence-electron chi connectivity index (χ2n) is 8.16. The fraction of sp³-hybridized carbons (Fsp3) is 0.375. The summed E-state index contributed by atoms with van der Waals surface area (Å²) in [5.41, 5.74) is 2.49. The standard InChI is InChI=1S/C24H29N5OS/c1-16(2)25-12-7-10-21(30)29-13-11-19-20(14-29)31-24-22(19)23(26-15-27-24)28-17(3)18-8-5-4-6-9-18/h4-10,15-17,25H,11-14H2,1-3H3,(H,26,27,28)/t17-/m1/s1. The lowest BCUT2D eigenvalue weighted by molar-refractivity contribution is -0.126. The average Bonchev–Trinajstić information content (AvgIpc) is 3.15. The van der Waals surface area contributed by atoms with Crippen LogP contribution in [-0.2, 0) is 17.8 Å². The van der Waals surface area contributed by atoms with Crippen molar-refractivity contribution in [3.05, 3.63) is 64.8 Å².